The molecule has 8 nitrogen and oxygen atoms in total. The number of carbonyl (C=O) groups excluding carboxylic acids is 1. The lowest BCUT2D eigenvalue weighted by molar-refractivity contribution is -0.126. The highest BCUT2D eigenvalue weighted by Gasteiger charge is 2.44. The average molecular weight is 643 g/mol. The van der Waals surface area contributed by atoms with Gasteiger partial charge < -0.3 is 19.1 Å². The van der Waals surface area contributed by atoms with Crippen molar-refractivity contribution in [3.63, 3.8) is 0 Å². The van der Waals surface area contributed by atoms with E-state index in [1.54, 1.807) is 19.2 Å². The van der Waals surface area contributed by atoms with Gasteiger partial charge in [0.05, 0.1) is 35.8 Å². The molecule has 44 heavy (non-hydrogen) atoms. The predicted octanol–water partition coefficient (Wildman–Crippen LogP) is 5.52. The number of rotatable bonds is 3. The number of hydrogen-bond donors (Lipinski definition) is 1. The van der Waals surface area contributed by atoms with Gasteiger partial charge in [0.2, 0.25) is 5.91 Å². The van der Waals surface area contributed by atoms with Gasteiger partial charge in [-0.25, -0.2) is 13.1 Å². The van der Waals surface area contributed by atoms with Crippen molar-refractivity contribution in [2.45, 2.75) is 61.9 Å². The van der Waals surface area contributed by atoms with Crippen molar-refractivity contribution in [1.82, 2.24) is 4.72 Å². The monoisotopic (exact) mass is 642 g/mol. The maximum atomic E-state index is 13.7. The van der Waals surface area contributed by atoms with E-state index in [4.69, 9.17) is 25.8 Å². The van der Waals surface area contributed by atoms with Crippen LogP contribution in [0.4, 0.5) is 5.69 Å². The van der Waals surface area contributed by atoms with E-state index in [2.05, 4.69) is 33.9 Å². The van der Waals surface area contributed by atoms with Crippen LogP contribution in [0.25, 0.3) is 0 Å². The Bertz CT molecular complexity index is 1530. The van der Waals surface area contributed by atoms with Gasteiger partial charge in [-0.2, -0.15) is 0 Å². The molecule has 0 radical (unpaired) electrons. The minimum Gasteiger partial charge on any atom is -0.490 e. The highest BCUT2D eigenvalue weighted by Crippen LogP contribution is 2.47. The zero-order valence-corrected chi connectivity index (χ0v) is 27.3. The number of nitrogens with one attached hydrogen (secondary N) is 1. The number of halogens is 1. The fraction of sp³-hybridized carbons (Fsp3) is 0.559. The van der Waals surface area contributed by atoms with Crippen molar-refractivity contribution < 1.29 is 27.4 Å². The highest BCUT2D eigenvalue weighted by atomic mass is 35.5. The molecule has 4 aliphatic rings. The largest absolute Gasteiger partial charge is 0.490 e. The third-order valence-electron chi connectivity index (χ3n) is 10.4. The van der Waals surface area contributed by atoms with Crippen LogP contribution < -0.4 is 14.4 Å². The molecule has 0 unspecified atom stereocenters. The number of nitrogens with zero attached hydrogens (tertiary/aromatic N) is 1. The van der Waals surface area contributed by atoms with Gasteiger partial charge in [-0.1, -0.05) is 36.7 Å². The van der Waals surface area contributed by atoms with E-state index in [9.17, 15) is 13.2 Å². The summed E-state index contributed by atoms with van der Waals surface area (Å²) in [6, 6.07) is 11.1. The summed E-state index contributed by atoms with van der Waals surface area (Å²) in [6.45, 7) is 4.00. The molecule has 2 aromatic rings. The van der Waals surface area contributed by atoms with Crippen LogP contribution in [0.2, 0.25) is 5.02 Å². The van der Waals surface area contributed by atoms with Crippen LogP contribution in [0.1, 0.15) is 50.2 Å². The standard InChI is InChI=1S/C34H43ClN2O6S/c1-22-6-4-8-31(42-3)27-12-9-24(27)18-37-20-34(15-5-7-23-16-25(35)10-13-29(23)34)21-43-32-14-11-26(17-30(32)37)44(39,40)36-33(38)28(22)19-41-2/h4,8,10-11,13-14,16-17,22,24,27-28,31H,5-7,9,12,15,18-21H2,1-3H3,(H,36,38)/b8-4-/t22-,24-,27+,28+,31+,34-/m0/s1. The van der Waals surface area contributed by atoms with Crippen LogP contribution in [0, 0.1) is 23.7 Å². The fourth-order valence-electron chi connectivity index (χ4n) is 7.73. The smallest absolute Gasteiger partial charge is 0.264 e. The molecule has 1 fully saturated rings. The van der Waals surface area contributed by atoms with E-state index >= 15 is 0 Å². The van der Waals surface area contributed by atoms with Crippen molar-refractivity contribution in [2.75, 3.05) is 45.4 Å². The lowest BCUT2D eigenvalue weighted by Gasteiger charge is -2.46. The molecule has 6 rings (SSSR count). The Kier molecular flexibility index (Phi) is 9.03. The van der Waals surface area contributed by atoms with Gasteiger partial charge in [0.25, 0.3) is 10.0 Å². The molecule has 2 aliphatic carbocycles. The Morgan fingerprint density at radius 1 is 1.16 bits per heavy atom. The number of carbonyl (C=O) groups is 1. The predicted molar refractivity (Wildman–Crippen MR) is 171 cm³/mol. The third-order valence-corrected chi connectivity index (χ3v) is 12.0. The number of benzene rings is 2. The Morgan fingerprint density at radius 2 is 2.00 bits per heavy atom. The molecule has 2 heterocycles. The van der Waals surface area contributed by atoms with Crippen molar-refractivity contribution >= 4 is 33.2 Å². The molecular formula is C34H43ClN2O6S. The molecule has 2 aliphatic heterocycles. The topological polar surface area (TPSA) is 94.2 Å². The van der Waals surface area contributed by atoms with Crippen molar-refractivity contribution in [1.29, 1.82) is 0 Å². The third kappa shape index (κ3) is 6.00. The number of fused-ring (bicyclic) bond motifs is 4. The Balaban J connectivity index is 1.44. The number of anilines is 1. The average Bonchev–Trinajstić information content (AvgIpc) is 3.13. The quantitative estimate of drug-likeness (QED) is 0.441. The summed E-state index contributed by atoms with van der Waals surface area (Å²) >= 11 is 6.41. The normalized spacial score (nSPS) is 32.3. The van der Waals surface area contributed by atoms with Crippen LogP contribution in [0.3, 0.4) is 0 Å². The lowest BCUT2D eigenvalue weighted by Crippen LogP contribution is -2.49. The Labute approximate surface area is 266 Å². The molecule has 1 amide bonds. The first kappa shape index (κ1) is 31.4. The number of amides is 1. The Hall–Kier alpha value is -2.59. The number of ether oxygens (including phenoxy) is 3. The molecule has 0 saturated heterocycles. The van der Waals surface area contributed by atoms with E-state index in [0.29, 0.717) is 37.2 Å². The van der Waals surface area contributed by atoms with E-state index in [1.807, 2.05) is 13.0 Å². The Morgan fingerprint density at radius 3 is 2.75 bits per heavy atom. The van der Waals surface area contributed by atoms with Crippen LogP contribution in [0.5, 0.6) is 5.75 Å². The molecule has 6 atom stereocenters. The summed E-state index contributed by atoms with van der Waals surface area (Å²) in [5, 5.41) is 0.735. The first-order valence-corrected chi connectivity index (χ1v) is 17.6. The molecule has 0 aromatic heterocycles. The number of allylic oxidation sites excluding steroid dienone is 1. The van der Waals surface area contributed by atoms with Crippen LogP contribution in [-0.2, 0) is 36.1 Å². The second kappa shape index (κ2) is 12.7. The van der Waals surface area contributed by atoms with Gasteiger partial charge in [-0.3, -0.25) is 4.79 Å². The fourth-order valence-corrected chi connectivity index (χ4v) is 8.97. The first-order valence-electron chi connectivity index (χ1n) is 15.7. The van der Waals surface area contributed by atoms with Crippen molar-refractivity contribution in [3.05, 3.63) is 64.7 Å². The van der Waals surface area contributed by atoms with Crippen LogP contribution in [-0.4, -0.2) is 61.0 Å². The van der Waals surface area contributed by atoms with E-state index in [1.165, 1.54) is 24.3 Å². The van der Waals surface area contributed by atoms with Gasteiger partial charge in [0.1, 0.15) is 5.75 Å². The number of hydrogen-bond acceptors (Lipinski definition) is 7. The molecule has 2 bridgehead atoms. The first-order chi connectivity index (χ1) is 21.1. The zero-order valence-electron chi connectivity index (χ0n) is 25.8. The molecule has 10 heteroatoms. The molecular weight excluding hydrogens is 600 g/mol. The van der Waals surface area contributed by atoms with Crippen molar-refractivity contribution in [2.24, 2.45) is 23.7 Å². The van der Waals surface area contributed by atoms with Crippen LogP contribution in [0.15, 0.2) is 53.4 Å². The lowest BCUT2D eigenvalue weighted by atomic mass is 9.68. The second-order valence-electron chi connectivity index (χ2n) is 13.1. The summed E-state index contributed by atoms with van der Waals surface area (Å²) in [5.74, 6) is 0.0217. The molecule has 1 saturated carbocycles. The molecule has 238 valence electrons. The molecule has 1 N–H and O–H groups in total. The summed E-state index contributed by atoms with van der Waals surface area (Å²) in [7, 11) is -0.862. The SMILES string of the molecule is COC[C@H]1C(=O)NS(=O)(=O)c2ccc3c(c2)N(C[C@@H]2CC[C@H]2[C@H](OC)/C=C\C[C@@H]1C)C[C@@]1(CCCc2cc(Cl)ccc21)CO3. The maximum Gasteiger partial charge on any atom is 0.264 e. The van der Waals surface area contributed by atoms with Gasteiger partial charge in [0, 0.05) is 37.7 Å². The summed E-state index contributed by atoms with van der Waals surface area (Å²) in [5.41, 5.74) is 2.98. The van der Waals surface area contributed by atoms with Gasteiger partial charge in [-0.15, -0.1) is 0 Å². The minimum atomic E-state index is -4.15. The van der Waals surface area contributed by atoms with Crippen LogP contribution >= 0.6 is 11.6 Å². The van der Waals surface area contributed by atoms with E-state index < -0.39 is 21.8 Å². The van der Waals surface area contributed by atoms with Crippen molar-refractivity contribution in [3.8, 4) is 5.75 Å². The van der Waals surface area contributed by atoms with E-state index in [-0.39, 0.29) is 28.9 Å². The number of methoxy groups -OCH3 is 2. The zero-order chi connectivity index (χ0) is 31.1. The van der Waals surface area contributed by atoms with E-state index in [0.717, 1.165) is 49.4 Å². The maximum absolute atomic E-state index is 13.7. The summed E-state index contributed by atoms with van der Waals surface area (Å²) in [4.78, 5) is 15.8. The molecule has 1 spiro atoms. The number of sulfonamides is 1. The summed E-state index contributed by atoms with van der Waals surface area (Å²) < 4.78 is 47.6. The van der Waals surface area contributed by atoms with Gasteiger partial charge >= 0.3 is 0 Å². The molecule has 2 aromatic carbocycles. The minimum absolute atomic E-state index is 0.0375. The number of aryl methyl sites for hydroxylation is 1. The highest BCUT2D eigenvalue weighted by molar-refractivity contribution is 7.90. The second-order valence-corrected chi connectivity index (χ2v) is 15.2. The van der Waals surface area contributed by atoms with Gasteiger partial charge in [-0.05, 0) is 97.7 Å². The van der Waals surface area contributed by atoms with Gasteiger partial charge in [0.15, 0.2) is 0 Å². The summed E-state index contributed by atoms with van der Waals surface area (Å²) in [6.07, 6.45) is 9.86.